The fourth-order valence-electron chi connectivity index (χ4n) is 0.703. The summed E-state index contributed by atoms with van der Waals surface area (Å²) in [6.07, 6.45) is 1.23. The lowest BCUT2D eigenvalue weighted by Crippen LogP contribution is -2.20. The zero-order valence-electron chi connectivity index (χ0n) is 5.15. The number of aromatic nitrogens is 5. The number of hydrogen-bond donors (Lipinski definition) is 1. The molecule has 2 rings (SSSR count). The van der Waals surface area contributed by atoms with Crippen LogP contribution in [0.5, 0.6) is 0 Å². The van der Waals surface area contributed by atoms with Gasteiger partial charge in [-0.3, -0.25) is 9.89 Å². The molecule has 0 saturated heterocycles. The lowest BCUT2D eigenvalue weighted by molar-refractivity contribution is 0.533. The fraction of sp³-hybridized carbons (Fsp3) is 0. The maximum Gasteiger partial charge on any atom is 0.329 e. The Labute approximate surface area is 58.7 Å². The van der Waals surface area contributed by atoms with Gasteiger partial charge in [-0.25, -0.2) is 0 Å². The zero-order chi connectivity index (χ0) is 7.84. The summed E-state index contributed by atoms with van der Waals surface area (Å²) in [5, 5.41) is 8.62. The predicted molar refractivity (Wildman–Crippen MR) is 31.4 cm³/mol. The van der Waals surface area contributed by atoms with E-state index in [-0.39, 0.29) is 5.78 Å². The third kappa shape index (κ3) is 0.704. The van der Waals surface area contributed by atoms with Crippen LogP contribution in [-0.4, -0.2) is 24.8 Å². The van der Waals surface area contributed by atoms with Gasteiger partial charge in [0.1, 0.15) is 6.33 Å². The lowest BCUT2D eigenvalue weighted by atomic mass is 10.8. The summed E-state index contributed by atoms with van der Waals surface area (Å²) in [4.78, 5) is 14.4. The van der Waals surface area contributed by atoms with E-state index in [4.69, 9.17) is 0 Å². The molecule has 1 N–H and O–H groups in total. The van der Waals surface area contributed by atoms with Crippen molar-refractivity contribution < 1.29 is 4.39 Å². The molecule has 0 amide bonds. The van der Waals surface area contributed by atoms with Gasteiger partial charge in [0.25, 0.3) is 11.7 Å². The molecule has 2 heterocycles. The first kappa shape index (κ1) is 5.96. The van der Waals surface area contributed by atoms with E-state index >= 15 is 0 Å². The van der Waals surface area contributed by atoms with Gasteiger partial charge in [0.15, 0.2) is 0 Å². The number of aromatic amines is 1. The van der Waals surface area contributed by atoms with Crippen LogP contribution in [-0.2, 0) is 0 Å². The average molecular weight is 155 g/mol. The maximum atomic E-state index is 12.4. The number of hydrogen-bond acceptors (Lipinski definition) is 4. The molecule has 0 spiro atoms. The summed E-state index contributed by atoms with van der Waals surface area (Å²) in [7, 11) is 0. The smallest absolute Gasteiger partial charge is 0.277 e. The van der Waals surface area contributed by atoms with Crippen molar-refractivity contribution in [1.82, 2.24) is 24.8 Å². The van der Waals surface area contributed by atoms with Crippen LogP contribution in [0.3, 0.4) is 0 Å². The number of rotatable bonds is 0. The zero-order valence-corrected chi connectivity index (χ0v) is 5.15. The van der Waals surface area contributed by atoms with Crippen LogP contribution in [0.25, 0.3) is 5.78 Å². The summed E-state index contributed by atoms with van der Waals surface area (Å²) in [6, 6.07) is 0. The number of nitrogens with zero attached hydrogens (tertiary/aromatic N) is 4. The van der Waals surface area contributed by atoms with E-state index in [1.807, 2.05) is 0 Å². The Hall–Kier alpha value is -1.79. The largest absolute Gasteiger partial charge is 0.329 e. The van der Waals surface area contributed by atoms with Crippen LogP contribution in [0.4, 0.5) is 4.39 Å². The topological polar surface area (TPSA) is 75.9 Å². The molecule has 0 fully saturated rings. The molecular formula is C4H2FN5O. The van der Waals surface area contributed by atoms with Gasteiger partial charge in [-0.1, -0.05) is 0 Å². The summed E-state index contributed by atoms with van der Waals surface area (Å²) < 4.78 is 13.2. The van der Waals surface area contributed by atoms with Crippen molar-refractivity contribution in [2.45, 2.75) is 0 Å². The fourth-order valence-corrected chi connectivity index (χ4v) is 0.703. The molecule has 7 heteroatoms. The van der Waals surface area contributed by atoms with Crippen molar-refractivity contribution in [3.05, 3.63) is 22.6 Å². The standard InChI is InChI=1S/C4H2FN5O/c5-2-3(11)10-4(9-8-2)6-1-7-10/h1H,(H,6,7,9). The highest BCUT2D eigenvalue weighted by Crippen LogP contribution is 1.84. The Kier molecular flexibility index (Phi) is 0.999. The Morgan fingerprint density at radius 2 is 2.36 bits per heavy atom. The molecule has 56 valence electrons. The highest BCUT2D eigenvalue weighted by atomic mass is 19.1. The summed E-state index contributed by atoms with van der Waals surface area (Å²) in [5.74, 6) is -1.09. The molecular weight excluding hydrogens is 153 g/mol. The molecule has 0 radical (unpaired) electrons. The van der Waals surface area contributed by atoms with E-state index in [2.05, 4.69) is 20.3 Å². The quantitative estimate of drug-likeness (QED) is 0.526. The molecule has 0 bridgehead atoms. The van der Waals surface area contributed by atoms with Gasteiger partial charge in [0, 0.05) is 0 Å². The first-order valence-electron chi connectivity index (χ1n) is 2.73. The minimum atomic E-state index is -1.15. The average Bonchev–Trinajstić information content (AvgIpc) is 2.45. The third-order valence-corrected chi connectivity index (χ3v) is 1.17. The molecule has 0 aromatic carbocycles. The van der Waals surface area contributed by atoms with E-state index in [1.54, 1.807) is 0 Å². The molecule has 0 unspecified atom stereocenters. The minimum absolute atomic E-state index is 0.0522. The molecule has 2 aromatic heterocycles. The number of nitrogens with one attached hydrogen (secondary N) is 1. The summed E-state index contributed by atoms with van der Waals surface area (Å²) >= 11 is 0. The highest BCUT2D eigenvalue weighted by molar-refractivity contribution is 5.19. The van der Waals surface area contributed by atoms with Gasteiger partial charge in [0.05, 0.1) is 0 Å². The molecule has 0 aliphatic heterocycles. The van der Waals surface area contributed by atoms with Crippen molar-refractivity contribution in [1.29, 1.82) is 0 Å². The second-order valence-electron chi connectivity index (χ2n) is 1.82. The van der Waals surface area contributed by atoms with E-state index < -0.39 is 11.5 Å². The minimum Gasteiger partial charge on any atom is -0.277 e. The first-order chi connectivity index (χ1) is 5.29. The number of halogens is 1. The Bertz CT molecular complexity index is 445. The van der Waals surface area contributed by atoms with Crippen LogP contribution in [0.15, 0.2) is 11.1 Å². The lowest BCUT2D eigenvalue weighted by Gasteiger charge is -1.86. The van der Waals surface area contributed by atoms with Crippen LogP contribution in [0.2, 0.25) is 0 Å². The molecule has 0 saturated carbocycles. The van der Waals surface area contributed by atoms with E-state index in [0.29, 0.717) is 0 Å². The number of H-pyrrole nitrogens is 1. The van der Waals surface area contributed by atoms with Gasteiger partial charge in [0.2, 0.25) is 0 Å². The van der Waals surface area contributed by atoms with Gasteiger partial charge in [-0.05, 0) is 0 Å². The van der Waals surface area contributed by atoms with Crippen molar-refractivity contribution >= 4 is 5.78 Å². The highest BCUT2D eigenvalue weighted by Gasteiger charge is 2.05. The van der Waals surface area contributed by atoms with Crippen molar-refractivity contribution in [3.63, 3.8) is 0 Å². The van der Waals surface area contributed by atoms with Crippen LogP contribution in [0.1, 0.15) is 0 Å². The van der Waals surface area contributed by atoms with Gasteiger partial charge in [-0.2, -0.15) is 13.9 Å². The van der Waals surface area contributed by atoms with E-state index in [9.17, 15) is 9.18 Å². The maximum absolute atomic E-state index is 12.4. The molecule has 0 aliphatic rings. The first-order valence-corrected chi connectivity index (χ1v) is 2.73. The van der Waals surface area contributed by atoms with Crippen LogP contribution in [0, 0.1) is 5.95 Å². The van der Waals surface area contributed by atoms with Crippen LogP contribution < -0.4 is 5.56 Å². The van der Waals surface area contributed by atoms with Crippen molar-refractivity contribution in [2.75, 3.05) is 0 Å². The Morgan fingerprint density at radius 3 is 3.18 bits per heavy atom. The summed E-state index contributed by atoms with van der Waals surface area (Å²) in [5.41, 5.74) is -0.882. The normalized spacial score (nSPS) is 10.6. The van der Waals surface area contributed by atoms with E-state index in [0.717, 1.165) is 4.52 Å². The van der Waals surface area contributed by atoms with Gasteiger partial charge >= 0.3 is 5.56 Å². The molecule has 0 atom stereocenters. The second kappa shape index (κ2) is 1.84. The molecule has 0 aliphatic carbocycles. The Morgan fingerprint density at radius 1 is 1.55 bits per heavy atom. The van der Waals surface area contributed by atoms with Crippen LogP contribution >= 0.6 is 0 Å². The molecule has 2 aromatic rings. The monoisotopic (exact) mass is 155 g/mol. The van der Waals surface area contributed by atoms with Crippen molar-refractivity contribution in [3.8, 4) is 0 Å². The van der Waals surface area contributed by atoms with Gasteiger partial charge < -0.3 is 0 Å². The molecule has 6 nitrogen and oxygen atoms in total. The summed E-state index contributed by atoms with van der Waals surface area (Å²) in [6.45, 7) is 0. The second-order valence-corrected chi connectivity index (χ2v) is 1.82. The SMILES string of the molecule is O=c1c(F)nnc2nc[nH]n12. The van der Waals surface area contributed by atoms with Crippen molar-refractivity contribution in [2.24, 2.45) is 0 Å². The number of fused-ring (bicyclic) bond motifs is 1. The van der Waals surface area contributed by atoms with E-state index in [1.165, 1.54) is 6.33 Å². The van der Waals surface area contributed by atoms with Gasteiger partial charge in [-0.15, -0.1) is 10.2 Å². The molecule has 11 heavy (non-hydrogen) atoms. The third-order valence-electron chi connectivity index (χ3n) is 1.17. The predicted octanol–water partition coefficient (Wildman–Crippen LogP) is -1.05. The Balaban J connectivity index is 3.05.